The largest absolute Gasteiger partial charge is 0.343 e. The molecule has 1 rings (SSSR count). The maximum Gasteiger partial charge on any atom is 0.343 e. The third-order valence-electron chi connectivity index (χ3n) is 1.26. The number of nitrogens with two attached hydrogens (primary N) is 2. The van der Waals surface area contributed by atoms with Crippen molar-refractivity contribution in [1.29, 1.82) is 0 Å². The van der Waals surface area contributed by atoms with Crippen LogP contribution in [0.15, 0.2) is 0 Å². The molecule has 0 unspecified atom stereocenters. The Hall–Kier alpha value is -0.810. The average Bonchev–Trinajstić information content (AvgIpc) is 1.83. The van der Waals surface area contributed by atoms with Crippen LogP contribution in [0.4, 0.5) is 4.79 Å². The fourth-order valence-electron chi connectivity index (χ4n) is 0.292. The fourth-order valence-corrected chi connectivity index (χ4v) is 0.292. The van der Waals surface area contributed by atoms with Crippen molar-refractivity contribution in [3.63, 3.8) is 0 Å². The second-order valence-corrected chi connectivity index (χ2v) is 2.03. The number of hydrogen-bond donors (Lipinski definition) is 4. The highest BCUT2D eigenvalue weighted by molar-refractivity contribution is 5.72. The summed E-state index contributed by atoms with van der Waals surface area (Å²) in [5.41, 5.74) is 3.48. The van der Waals surface area contributed by atoms with E-state index in [-0.39, 0.29) is 0 Å². The first-order valence-corrected chi connectivity index (χ1v) is 3.28. The van der Waals surface area contributed by atoms with Gasteiger partial charge in [-0.15, -0.1) is 0 Å². The Labute approximate surface area is 60.1 Å². The summed E-state index contributed by atoms with van der Waals surface area (Å²) in [6.45, 7) is 0. The van der Waals surface area contributed by atoms with Gasteiger partial charge in [0, 0.05) is 0 Å². The zero-order chi connectivity index (χ0) is 7.82. The Morgan fingerprint density at radius 2 is 1.30 bits per heavy atom. The average molecular weight is 146 g/mol. The molecule has 1 aliphatic carbocycles. The van der Waals surface area contributed by atoms with Crippen molar-refractivity contribution < 1.29 is 4.79 Å². The Kier molecular flexibility index (Phi) is 5.80. The van der Waals surface area contributed by atoms with Gasteiger partial charge in [-0.05, 0) is 0 Å². The summed E-state index contributed by atoms with van der Waals surface area (Å²) in [5.74, 6) is 9.08. The van der Waals surface area contributed by atoms with Crippen LogP contribution >= 0.6 is 0 Å². The van der Waals surface area contributed by atoms with Crippen LogP contribution in [-0.2, 0) is 0 Å². The van der Waals surface area contributed by atoms with Crippen molar-refractivity contribution in [2.45, 2.75) is 25.7 Å². The van der Waals surface area contributed by atoms with Gasteiger partial charge in [0.1, 0.15) is 0 Å². The number of urea groups is 1. The second kappa shape index (κ2) is 6.31. The molecule has 0 saturated heterocycles. The molecule has 5 heteroatoms. The molecule has 10 heavy (non-hydrogen) atoms. The fraction of sp³-hybridized carbons (Fsp3) is 0.800. The minimum Gasteiger partial charge on any atom is -0.275 e. The van der Waals surface area contributed by atoms with E-state index in [2.05, 4.69) is 11.7 Å². The summed E-state index contributed by atoms with van der Waals surface area (Å²) in [5, 5.41) is 0. The zero-order valence-electron chi connectivity index (χ0n) is 5.89. The minimum absolute atomic E-state index is 0.602. The lowest BCUT2D eigenvalue weighted by Crippen LogP contribution is -2.43. The van der Waals surface area contributed by atoms with Gasteiger partial charge >= 0.3 is 6.03 Å². The van der Waals surface area contributed by atoms with Crippen LogP contribution in [0.2, 0.25) is 0 Å². The van der Waals surface area contributed by atoms with Crippen molar-refractivity contribution in [1.82, 2.24) is 10.9 Å². The first-order valence-electron chi connectivity index (χ1n) is 3.28. The molecule has 5 nitrogen and oxygen atoms in total. The van der Waals surface area contributed by atoms with E-state index in [0.717, 1.165) is 0 Å². The van der Waals surface area contributed by atoms with Crippen LogP contribution in [0.1, 0.15) is 25.7 Å². The second-order valence-electron chi connectivity index (χ2n) is 2.03. The highest BCUT2D eigenvalue weighted by atomic mass is 16.2. The molecule has 1 fully saturated rings. The Bertz CT molecular complexity index is 81.6. The van der Waals surface area contributed by atoms with Crippen LogP contribution in [-0.4, -0.2) is 6.03 Å². The standard InChI is InChI=1S/C4H8.CH6N4O/c1-2-4-3-1;2-4-1(6)5-3/h1-4H2;2-3H2,(H2,4,5,6). The van der Waals surface area contributed by atoms with Crippen molar-refractivity contribution in [3.8, 4) is 0 Å². The van der Waals surface area contributed by atoms with Gasteiger partial charge < -0.3 is 0 Å². The number of rotatable bonds is 0. The normalized spacial score (nSPS) is 13.8. The summed E-state index contributed by atoms with van der Waals surface area (Å²) in [7, 11) is 0. The van der Waals surface area contributed by atoms with E-state index in [4.69, 9.17) is 0 Å². The number of nitrogens with one attached hydrogen (secondary N) is 2. The first-order chi connectivity index (χ1) is 4.81. The molecule has 0 heterocycles. The van der Waals surface area contributed by atoms with E-state index in [1.165, 1.54) is 25.7 Å². The SMILES string of the molecule is C1CCC1.NNC(=O)NN. The van der Waals surface area contributed by atoms with E-state index < -0.39 is 6.03 Å². The van der Waals surface area contributed by atoms with Gasteiger partial charge in [-0.25, -0.2) is 16.5 Å². The van der Waals surface area contributed by atoms with Crippen LogP contribution in [0, 0.1) is 0 Å². The minimum atomic E-state index is -0.602. The summed E-state index contributed by atoms with van der Waals surface area (Å²) < 4.78 is 0. The van der Waals surface area contributed by atoms with Crippen LogP contribution < -0.4 is 22.5 Å². The van der Waals surface area contributed by atoms with E-state index in [9.17, 15) is 4.79 Å². The lowest BCUT2D eigenvalue weighted by Gasteiger charge is -2.05. The smallest absolute Gasteiger partial charge is 0.275 e. The maximum atomic E-state index is 9.71. The molecule has 0 aromatic rings. The Morgan fingerprint density at radius 1 is 1.00 bits per heavy atom. The molecule has 2 amide bonds. The van der Waals surface area contributed by atoms with E-state index in [0.29, 0.717) is 0 Å². The third-order valence-corrected chi connectivity index (χ3v) is 1.26. The first kappa shape index (κ1) is 9.19. The van der Waals surface area contributed by atoms with Gasteiger partial charge in [-0.2, -0.15) is 0 Å². The number of hydrogen-bond acceptors (Lipinski definition) is 3. The van der Waals surface area contributed by atoms with Gasteiger partial charge in [-0.3, -0.25) is 10.9 Å². The highest BCUT2D eigenvalue weighted by Crippen LogP contribution is 2.15. The Balaban J connectivity index is 0.000000172. The quantitative estimate of drug-likeness (QED) is 0.213. The lowest BCUT2D eigenvalue weighted by atomic mass is 10.0. The van der Waals surface area contributed by atoms with Crippen molar-refractivity contribution in [2.75, 3.05) is 0 Å². The van der Waals surface area contributed by atoms with Gasteiger partial charge in [0.05, 0.1) is 0 Å². The van der Waals surface area contributed by atoms with E-state index in [1.807, 2.05) is 0 Å². The predicted octanol–water partition coefficient (Wildman–Crippen LogP) is -0.407. The van der Waals surface area contributed by atoms with E-state index >= 15 is 0 Å². The van der Waals surface area contributed by atoms with Gasteiger partial charge in [0.25, 0.3) is 0 Å². The summed E-state index contributed by atoms with van der Waals surface area (Å²) in [6.07, 6.45) is 6.00. The lowest BCUT2D eigenvalue weighted by molar-refractivity contribution is 0.241. The Morgan fingerprint density at radius 3 is 1.30 bits per heavy atom. The van der Waals surface area contributed by atoms with Crippen molar-refractivity contribution in [2.24, 2.45) is 11.7 Å². The van der Waals surface area contributed by atoms with E-state index in [1.54, 1.807) is 10.9 Å². The van der Waals surface area contributed by atoms with Crippen molar-refractivity contribution in [3.05, 3.63) is 0 Å². The molecular formula is C5H14N4O. The van der Waals surface area contributed by atoms with Gasteiger partial charge in [0.15, 0.2) is 0 Å². The highest BCUT2D eigenvalue weighted by Gasteiger charge is 1.95. The zero-order valence-corrected chi connectivity index (χ0v) is 5.89. The third kappa shape index (κ3) is 5.33. The number of amides is 2. The van der Waals surface area contributed by atoms with Crippen LogP contribution in [0.5, 0.6) is 0 Å². The summed E-state index contributed by atoms with van der Waals surface area (Å²) in [6, 6.07) is -0.602. The molecular weight excluding hydrogens is 132 g/mol. The molecule has 1 aliphatic rings. The molecule has 0 radical (unpaired) electrons. The molecule has 0 atom stereocenters. The summed E-state index contributed by atoms with van der Waals surface area (Å²) in [4.78, 5) is 9.71. The molecule has 1 saturated carbocycles. The number of carbonyl (C=O) groups is 1. The molecule has 0 aromatic carbocycles. The van der Waals surface area contributed by atoms with Gasteiger partial charge in [0.2, 0.25) is 0 Å². The number of hydrazine groups is 2. The maximum absolute atomic E-state index is 9.71. The number of carbonyl (C=O) groups excluding carboxylic acids is 1. The van der Waals surface area contributed by atoms with Crippen LogP contribution in [0.25, 0.3) is 0 Å². The molecule has 0 aromatic heterocycles. The van der Waals surface area contributed by atoms with Crippen LogP contribution in [0.3, 0.4) is 0 Å². The topological polar surface area (TPSA) is 93.2 Å². The molecule has 60 valence electrons. The predicted molar refractivity (Wildman–Crippen MR) is 38.5 cm³/mol. The van der Waals surface area contributed by atoms with Crippen molar-refractivity contribution >= 4 is 6.03 Å². The molecule has 0 aliphatic heterocycles. The molecule has 6 N–H and O–H groups in total. The molecule has 0 spiro atoms. The monoisotopic (exact) mass is 146 g/mol. The molecule has 0 bridgehead atoms. The summed E-state index contributed by atoms with van der Waals surface area (Å²) >= 11 is 0. The van der Waals surface area contributed by atoms with Gasteiger partial charge in [-0.1, -0.05) is 25.7 Å².